The summed E-state index contributed by atoms with van der Waals surface area (Å²) in [6, 6.07) is 0. The lowest BCUT2D eigenvalue weighted by Crippen LogP contribution is -2.30. The van der Waals surface area contributed by atoms with Crippen molar-refractivity contribution in [3.8, 4) is 0 Å². The van der Waals surface area contributed by atoms with E-state index in [4.69, 9.17) is 14.2 Å². The minimum Gasteiger partial charge on any atom is -0.462 e. The third-order valence-corrected chi connectivity index (χ3v) is 13.9. The van der Waals surface area contributed by atoms with Crippen LogP contribution in [0.4, 0.5) is 0 Å². The van der Waals surface area contributed by atoms with Gasteiger partial charge < -0.3 is 14.2 Å². The maximum Gasteiger partial charge on any atom is 0.309 e. The molecule has 0 fully saturated rings. The Hall–Kier alpha value is -4.71. The molecular formula is C75H122O6. The smallest absolute Gasteiger partial charge is 0.309 e. The molecule has 1 unspecified atom stereocenters. The van der Waals surface area contributed by atoms with E-state index in [1.165, 1.54) is 128 Å². The average molecular weight is 1120 g/mol. The highest BCUT2D eigenvalue weighted by Crippen LogP contribution is 2.16. The molecule has 0 amide bonds. The fourth-order valence-electron chi connectivity index (χ4n) is 8.97. The van der Waals surface area contributed by atoms with Gasteiger partial charge in [0.15, 0.2) is 6.10 Å². The Morgan fingerprint density at radius 1 is 0.272 bits per heavy atom. The summed E-state index contributed by atoms with van der Waals surface area (Å²) in [5.74, 6) is -1.05. The Bertz CT molecular complexity index is 1760. The van der Waals surface area contributed by atoms with Gasteiger partial charge in [0, 0.05) is 12.8 Å². The zero-order chi connectivity index (χ0) is 58.5. The summed E-state index contributed by atoms with van der Waals surface area (Å²) in [6.45, 7) is 6.34. The van der Waals surface area contributed by atoms with Crippen LogP contribution in [-0.4, -0.2) is 37.2 Å². The predicted octanol–water partition coefficient (Wildman–Crippen LogP) is 23.1. The molecule has 0 aliphatic rings. The third-order valence-electron chi connectivity index (χ3n) is 13.9. The maximum absolute atomic E-state index is 12.9. The zero-order valence-electron chi connectivity index (χ0n) is 52.5. The Morgan fingerprint density at radius 3 is 0.864 bits per heavy atom. The number of carbonyl (C=O) groups is 3. The lowest BCUT2D eigenvalue weighted by molar-refractivity contribution is -0.166. The first-order valence-electron chi connectivity index (χ1n) is 33.3. The molecule has 0 saturated heterocycles. The lowest BCUT2D eigenvalue weighted by atomic mass is 10.0. The first-order chi connectivity index (χ1) is 40.0. The summed E-state index contributed by atoms with van der Waals surface area (Å²) in [5.41, 5.74) is 0. The van der Waals surface area contributed by atoms with Crippen molar-refractivity contribution in [3.05, 3.63) is 146 Å². The number of rotatable bonds is 59. The van der Waals surface area contributed by atoms with Crippen molar-refractivity contribution >= 4 is 17.9 Å². The van der Waals surface area contributed by atoms with Crippen LogP contribution in [0.2, 0.25) is 0 Å². The van der Waals surface area contributed by atoms with Crippen LogP contribution in [-0.2, 0) is 28.6 Å². The van der Waals surface area contributed by atoms with E-state index in [9.17, 15) is 14.4 Å². The third kappa shape index (κ3) is 66.0. The summed E-state index contributed by atoms with van der Waals surface area (Å²) >= 11 is 0. The van der Waals surface area contributed by atoms with Crippen LogP contribution in [0.3, 0.4) is 0 Å². The lowest BCUT2D eigenvalue weighted by Gasteiger charge is -2.18. The van der Waals surface area contributed by atoms with Crippen LogP contribution in [0.1, 0.15) is 290 Å². The molecule has 1 atom stereocenters. The van der Waals surface area contributed by atoms with Crippen LogP contribution in [0.5, 0.6) is 0 Å². The maximum atomic E-state index is 12.9. The number of hydrogen-bond donors (Lipinski definition) is 0. The second-order valence-electron chi connectivity index (χ2n) is 21.6. The van der Waals surface area contributed by atoms with E-state index in [-0.39, 0.29) is 31.6 Å². The van der Waals surface area contributed by atoms with Gasteiger partial charge in [0.05, 0.1) is 6.42 Å². The topological polar surface area (TPSA) is 78.9 Å². The number of hydrogen-bond acceptors (Lipinski definition) is 6. The Balaban J connectivity index is 4.37. The summed E-state index contributed by atoms with van der Waals surface area (Å²) in [5, 5.41) is 0. The molecule has 0 aliphatic heterocycles. The van der Waals surface area contributed by atoms with E-state index in [0.29, 0.717) is 12.8 Å². The molecule has 0 aromatic rings. The molecule has 458 valence electrons. The summed E-state index contributed by atoms with van der Waals surface area (Å²) in [6.07, 6.45) is 97.4. The average Bonchev–Trinajstić information content (AvgIpc) is 3.47. The van der Waals surface area contributed by atoms with E-state index >= 15 is 0 Å². The molecule has 81 heavy (non-hydrogen) atoms. The van der Waals surface area contributed by atoms with Gasteiger partial charge in [-0.1, -0.05) is 314 Å². The van der Waals surface area contributed by atoms with Gasteiger partial charge in [-0.3, -0.25) is 14.4 Å². The fraction of sp³-hybridized carbons (Fsp3) is 0.640. The minimum atomic E-state index is -0.825. The molecule has 0 heterocycles. The van der Waals surface area contributed by atoms with Crippen molar-refractivity contribution in [2.45, 2.75) is 297 Å². The minimum absolute atomic E-state index is 0.113. The van der Waals surface area contributed by atoms with Gasteiger partial charge in [-0.2, -0.15) is 0 Å². The summed E-state index contributed by atoms with van der Waals surface area (Å²) < 4.78 is 16.8. The van der Waals surface area contributed by atoms with Crippen LogP contribution in [0, 0.1) is 0 Å². The van der Waals surface area contributed by atoms with Gasteiger partial charge in [-0.05, 0) is 103 Å². The second-order valence-corrected chi connectivity index (χ2v) is 21.6. The first kappa shape index (κ1) is 76.3. The standard InChI is InChI=1S/C75H122O6/c1-4-7-10-13-16-19-22-25-28-30-31-32-33-34-35-36-37-38-39-40-41-42-43-45-47-50-53-56-59-62-65-68-74(77)80-71-72(70-79-73(76)67-64-61-58-55-52-49-46-27-24-21-18-15-12-9-6-3)81-75(78)69-66-63-60-57-54-51-48-44-29-26-23-20-17-14-11-8-5-2/h7,9-10,12,16,18-19,21,25,27-28,31-32,34-35,37-38,40-41,46,52,55,61,64,72H,4-6,8,11,13-15,17,20,22-24,26,29-30,33,36,39,42-45,47-51,53-54,56-60,62-63,65-71H2,1-3H3/b10-7-,12-9-,19-16-,21-18-,28-25-,32-31-,35-34-,38-37-,41-40-,46-27-,55-52-,64-61-. The van der Waals surface area contributed by atoms with Gasteiger partial charge in [0.2, 0.25) is 0 Å². The molecule has 0 bridgehead atoms. The van der Waals surface area contributed by atoms with Crippen molar-refractivity contribution in [1.82, 2.24) is 0 Å². The Morgan fingerprint density at radius 2 is 0.531 bits per heavy atom. The van der Waals surface area contributed by atoms with E-state index in [2.05, 4.69) is 154 Å². The van der Waals surface area contributed by atoms with Gasteiger partial charge in [0.25, 0.3) is 0 Å². The molecule has 0 N–H and O–H groups in total. The quantitative estimate of drug-likeness (QED) is 0.0261. The molecule has 6 heteroatoms. The van der Waals surface area contributed by atoms with Crippen molar-refractivity contribution < 1.29 is 28.6 Å². The molecule has 0 spiro atoms. The summed E-state index contributed by atoms with van der Waals surface area (Å²) in [7, 11) is 0. The van der Waals surface area contributed by atoms with Crippen molar-refractivity contribution in [2.24, 2.45) is 0 Å². The Kier molecular flexibility index (Phi) is 63.9. The summed E-state index contributed by atoms with van der Waals surface area (Å²) in [4.78, 5) is 38.3. The van der Waals surface area contributed by atoms with E-state index < -0.39 is 12.1 Å². The Labute approximate surface area is 499 Å². The number of unbranched alkanes of at least 4 members (excludes halogenated alkanes) is 25. The second kappa shape index (κ2) is 67.8. The highest BCUT2D eigenvalue weighted by Gasteiger charge is 2.19. The number of carbonyl (C=O) groups excluding carboxylic acids is 3. The normalized spacial score (nSPS) is 13.1. The molecule has 0 radical (unpaired) electrons. The molecule has 0 aromatic carbocycles. The number of allylic oxidation sites excluding steroid dienone is 23. The molecule has 6 nitrogen and oxygen atoms in total. The fourth-order valence-corrected chi connectivity index (χ4v) is 8.97. The van der Waals surface area contributed by atoms with Gasteiger partial charge in [-0.25, -0.2) is 0 Å². The largest absolute Gasteiger partial charge is 0.462 e. The van der Waals surface area contributed by atoms with Gasteiger partial charge in [0.1, 0.15) is 13.2 Å². The predicted molar refractivity (Wildman–Crippen MR) is 352 cm³/mol. The highest BCUT2D eigenvalue weighted by molar-refractivity contribution is 5.72. The molecule has 0 aliphatic carbocycles. The van der Waals surface area contributed by atoms with Crippen LogP contribution in [0.15, 0.2) is 146 Å². The number of ether oxygens (including phenoxy) is 3. The van der Waals surface area contributed by atoms with Crippen LogP contribution in [0.25, 0.3) is 0 Å². The van der Waals surface area contributed by atoms with E-state index in [1.54, 1.807) is 6.08 Å². The van der Waals surface area contributed by atoms with Crippen molar-refractivity contribution in [2.75, 3.05) is 13.2 Å². The number of esters is 3. The monoisotopic (exact) mass is 1120 g/mol. The van der Waals surface area contributed by atoms with Gasteiger partial charge >= 0.3 is 17.9 Å². The van der Waals surface area contributed by atoms with Crippen molar-refractivity contribution in [1.29, 1.82) is 0 Å². The van der Waals surface area contributed by atoms with Crippen LogP contribution >= 0.6 is 0 Å². The SMILES string of the molecule is CC/C=C\C/C=C\C/C=C\C/C=C\C/C=C\C/C=C\C/C=C\CCCCCCCCCCCC(=O)OCC(COC(=O)C/C=C\C/C=C\C/C=C\C/C=C\C/C=C\CC)OC(=O)CCCCCCCCCCCCCCCCCCC. The van der Waals surface area contributed by atoms with E-state index in [1.807, 2.05) is 6.08 Å². The molecule has 0 saturated carbocycles. The van der Waals surface area contributed by atoms with Crippen LogP contribution < -0.4 is 0 Å². The highest BCUT2D eigenvalue weighted by atomic mass is 16.6. The van der Waals surface area contributed by atoms with E-state index in [0.717, 1.165) is 122 Å². The molecule has 0 rings (SSSR count). The zero-order valence-corrected chi connectivity index (χ0v) is 52.5. The van der Waals surface area contributed by atoms with Gasteiger partial charge in [-0.15, -0.1) is 0 Å². The molecular weight excluding hydrogens is 997 g/mol. The van der Waals surface area contributed by atoms with Crippen molar-refractivity contribution in [3.63, 3.8) is 0 Å². The molecule has 0 aromatic heterocycles. The first-order valence-corrected chi connectivity index (χ1v) is 33.3.